The second-order valence-electron chi connectivity index (χ2n) is 3.21. The van der Waals surface area contributed by atoms with E-state index in [9.17, 15) is 4.39 Å². The van der Waals surface area contributed by atoms with Crippen molar-refractivity contribution in [2.75, 3.05) is 0 Å². The van der Waals surface area contributed by atoms with Crippen LogP contribution in [-0.2, 0) is 0 Å². The molecule has 1 aromatic carbocycles. The van der Waals surface area contributed by atoms with E-state index in [2.05, 4.69) is 15.2 Å². The summed E-state index contributed by atoms with van der Waals surface area (Å²) in [6.45, 7) is 0. The number of aromatic amines is 1. The number of hydrogen-bond acceptors (Lipinski definition) is 2. The molecule has 2 aromatic rings. The lowest BCUT2D eigenvalue weighted by atomic mass is 10.1. The van der Waals surface area contributed by atoms with Crippen molar-refractivity contribution in [2.24, 2.45) is 21.7 Å². The van der Waals surface area contributed by atoms with Crippen LogP contribution in [0.2, 0.25) is 0 Å². The number of nitrogens with one attached hydrogen (secondary N) is 1. The van der Waals surface area contributed by atoms with Crippen molar-refractivity contribution in [3.8, 4) is 0 Å². The maximum absolute atomic E-state index is 13.2. The van der Waals surface area contributed by atoms with Gasteiger partial charge < -0.3 is 16.5 Å². The summed E-state index contributed by atoms with van der Waals surface area (Å²) >= 11 is 0. The average Bonchev–Trinajstić information content (AvgIpc) is 2.64. The molecular weight excluding hydrogens is 209 g/mol. The van der Waals surface area contributed by atoms with E-state index in [0.29, 0.717) is 5.56 Å². The van der Waals surface area contributed by atoms with E-state index in [4.69, 9.17) is 11.5 Å². The highest BCUT2D eigenvalue weighted by molar-refractivity contribution is 5.98. The fourth-order valence-corrected chi connectivity index (χ4v) is 1.42. The largest absolute Gasteiger partial charge is 0.369 e. The number of aromatic nitrogens is 1. The van der Waals surface area contributed by atoms with E-state index < -0.39 is 0 Å². The van der Waals surface area contributed by atoms with Gasteiger partial charge in [0.05, 0.1) is 11.7 Å². The van der Waals surface area contributed by atoms with Gasteiger partial charge in [0.1, 0.15) is 5.82 Å². The normalized spacial score (nSPS) is 11.1. The van der Waals surface area contributed by atoms with Crippen LogP contribution in [0.25, 0.3) is 10.9 Å². The summed E-state index contributed by atoms with van der Waals surface area (Å²) in [5.74, 6) is -0.478. The molecule has 5 nitrogen and oxygen atoms in total. The maximum Gasteiger partial charge on any atom is 0.211 e. The molecule has 0 unspecified atom stereocenters. The molecule has 6 heteroatoms. The van der Waals surface area contributed by atoms with E-state index in [-0.39, 0.29) is 11.8 Å². The summed E-state index contributed by atoms with van der Waals surface area (Å²) in [5, 5.41) is 7.85. The number of guanidine groups is 1. The topological polar surface area (TPSA) is 92.6 Å². The second kappa shape index (κ2) is 4.01. The molecule has 0 atom stereocenters. The second-order valence-corrected chi connectivity index (χ2v) is 3.21. The Labute approximate surface area is 90.7 Å². The van der Waals surface area contributed by atoms with Crippen molar-refractivity contribution in [2.45, 2.75) is 0 Å². The molecule has 0 radical (unpaired) electrons. The Bertz CT molecular complexity index is 566. The van der Waals surface area contributed by atoms with Crippen molar-refractivity contribution in [1.29, 1.82) is 0 Å². The molecule has 0 bridgehead atoms. The number of hydrogen-bond donors (Lipinski definition) is 3. The Morgan fingerprint density at radius 1 is 1.38 bits per heavy atom. The lowest BCUT2D eigenvalue weighted by Crippen LogP contribution is -2.21. The van der Waals surface area contributed by atoms with Gasteiger partial charge in [0.2, 0.25) is 5.96 Å². The first-order valence-electron chi connectivity index (χ1n) is 4.55. The fourth-order valence-electron chi connectivity index (χ4n) is 1.42. The molecular formula is C10H10FN5. The Balaban J connectivity index is 2.47. The molecule has 0 saturated heterocycles. The molecule has 82 valence electrons. The predicted molar refractivity (Wildman–Crippen MR) is 61.7 cm³/mol. The third-order valence-corrected chi connectivity index (χ3v) is 2.02. The number of halogens is 1. The number of rotatable bonds is 2. The first-order chi connectivity index (χ1) is 7.66. The molecule has 1 heterocycles. The van der Waals surface area contributed by atoms with Gasteiger partial charge >= 0.3 is 0 Å². The highest BCUT2D eigenvalue weighted by Gasteiger charge is 2.02. The first-order valence-corrected chi connectivity index (χ1v) is 4.55. The maximum atomic E-state index is 13.2. The van der Waals surface area contributed by atoms with Gasteiger partial charge in [0.25, 0.3) is 0 Å². The van der Waals surface area contributed by atoms with Gasteiger partial charge in [-0.05, 0) is 18.2 Å². The molecule has 0 saturated carbocycles. The van der Waals surface area contributed by atoms with Gasteiger partial charge in [-0.15, -0.1) is 5.10 Å². The van der Waals surface area contributed by atoms with Gasteiger partial charge in [0, 0.05) is 17.1 Å². The lowest BCUT2D eigenvalue weighted by Gasteiger charge is -1.96. The molecule has 16 heavy (non-hydrogen) atoms. The van der Waals surface area contributed by atoms with Crippen molar-refractivity contribution in [3.63, 3.8) is 0 Å². The number of benzene rings is 1. The average molecular weight is 219 g/mol. The summed E-state index contributed by atoms with van der Waals surface area (Å²) in [6.07, 6.45) is 3.11. The van der Waals surface area contributed by atoms with Crippen LogP contribution in [0.1, 0.15) is 5.56 Å². The molecule has 0 amide bonds. The highest BCUT2D eigenvalue weighted by Crippen LogP contribution is 2.17. The molecule has 0 spiro atoms. The monoisotopic (exact) mass is 219 g/mol. The minimum absolute atomic E-state index is 0.143. The van der Waals surface area contributed by atoms with E-state index in [1.807, 2.05) is 0 Å². The highest BCUT2D eigenvalue weighted by atomic mass is 19.1. The minimum Gasteiger partial charge on any atom is -0.369 e. The van der Waals surface area contributed by atoms with Crippen molar-refractivity contribution >= 4 is 23.1 Å². The Morgan fingerprint density at radius 3 is 2.94 bits per heavy atom. The summed E-state index contributed by atoms with van der Waals surface area (Å²) < 4.78 is 13.2. The number of nitrogens with zero attached hydrogens (tertiary/aromatic N) is 2. The van der Waals surface area contributed by atoms with Crippen LogP contribution in [0.3, 0.4) is 0 Å². The zero-order valence-electron chi connectivity index (χ0n) is 8.31. The Morgan fingerprint density at radius 2 is 2.19 bits per heavy atom. The Hall–Kier alpha value is -2.37. The smallest absolute Gasteiger partial charge is 0.211 e. The molecule has 0 aliphatic carbocycles. The van der Waals surface area contributed by atoms with Crippen LogP contribution in [-0.4, -0.2) is 17.2 Å². The predicted octanol–water partition coefficient (Wildman–Crippen LogP) is 0.914. The van der Waals surface area contributed by atoms with Crippen LogP contribution >= 0.6 is 0 Å². The van der Waals surface area contributed by atoms with Crippen LogP contribution < -0.4 is 11.5 Å². The lowest BCUT2D eigenvalue weighted by molar-refractivity contribution is 0.629. The zero-order chi connectivity index (χ0) is 11.5. The number of nitrogens with two attached hydrogens (primary N) is 2. The summed E-state index contributed by atoms with van der Waals surface area (Å²) in [5.41, 5.74) is 11.6. The fraction of sp³-hybridized carbons (Fsp3) is 0. The SMILES string of the molecule is NC(N)=NN=Cc1cc(F)cc2cc[nH]c12. The molecule has 0 aliphatic rings. The minimum atomic E-state index is -0.335. The van der Waals surface area contributed by atoms with Gasteiger partial charge in [-0.2, -0.15) is 5.10 Å². The van der Waals surface area contributed by atoms with Crippen LogP contribution in [0.5, 0.6) is 0 Å². The third-order valence-electron chi connectivity index (χ3n) is 2.02. The van der Waals surface area contributed by atoms with Crippen LogP contribution in [0.4, 0.5) is 4.39 Å². The van der Waals surface area contributed by atoms with Gasteiger partial charge in [0.15, 0.2) is 0 Å². The molecule has 5 N–H and O–H groups in total. The van der Waals surface area contributed by atoms with Gasteiger partial charge in [-0.3, -0.25) is 0 Å². The van der Waals surface area contributed by atoms with E-state index in [1.165, 1.54) is 18.3 Å². The summed E-state index contributed by atoms with van der Waals surface area (Å²) in [6, 6.07) is 4.56. The molecule has 0 aliphatic heterocycles. The Kier molecular flexibility index (Phi) is 2.55. The summed E-state index contributed by atoms with van der Waals surface area (Å²) in [4.78, 5) is 2.98. The van der Waals surface area contributed by atoms with Crippen molar-refractivity contribution in [1.82, 2.24) is 4.98 Å². The number of H-pyrrole nitrogens is 1. The van der Waals surface area contributed by atoms with Crippen molar-refractivity contribution in [3.05, 3.63) is 35.8 Å². The molecule has 2 rings (SSSR count). The van der Waals surface area contributed by atoms with E-state index in [0.717, 1.165) is 10.9 Å². The molecule has 1 aromatic heterocycles. The quantitative estimate of drug-likeness (QED) is 0.398. The third kappa shape index (κ3) is 2.00. The zero-order valence-corrected chi connectivity index (χ0v) is 8.31. The standard InChI is InChI=1S/C10H10FN5/c11-8-3-6-1-2-14-9(6)7(4-8)5-15-16-10(12)13/h1-5,14H,(H4,12,13,16). The van der Waals surface area contributed by atoms with Crippen LogP contribution in [0.15, 0.2) is 34.6 Å². The van der Waals surface area contributed by atoms with Crippen molar-refractivity contribution < 1.29 is 4.39 Å². The molecule has 0 fully saturated rings. The van der Waals surface area contributed by atoms with Crippen LogP contribution in [0, 0.1) is 5.82 Å². The number of fused-ring (bicyclic) bond motifs is 1. The van der Waals surface area contributed by atoms with Gasteiger partial charge in [-0.25, -0.2) is 4.39 Å². The van der Waals surface area contributed by atoms with Gasteiger partial charge in [-0.1, -0.05) is 0 Å². The summed E-state index contributed by atoms with van der Waals surface area (Å²) in [7, 11) is 0. The van der Waals surface area contributed by atoms with E-state index in [1.54, 1.807) is 12.3 Å². The van der Waals surface area contributed by atoms with E-state index >= 15 is 0 Å². The first kappa shape index (κ1) is 10.2.